The predicted octanol–water partition coefficient (Wildman–Crippen LogP) is 4.61. The number of hydrogen-bond acceptors (Lipinski definition) is 0. The van der Waals surface area contributed by atoms with Crippen LogP contribution in [0.1, 0.15) is 57.8 Å². The first kappa shape index (κ1) is 10.4. The number of halogens is 1. The Morgan fingerprint density at radius 3 is 2.27 bits per heavy atom. The van der Waals surface area contributed by atoms with Gasteiger partial charge in [0.25, 0.3) is 0 Å². The Morgan fingerprint density at radius 1 is 1.00 bits per heavy atom. The average Bonchev–Trinajstić information content (AvgIpc) is 2.89. The standard InChI is InChI=1S/C14H23Cl/c15-10-14(8-12-6-13(12)9-14)7-11-4-2-1-3-5-11/h11-13H,1-10H2. The van der Waals surface area contributed by atoms with E-state index in [0.29, 0.717) is 5.41 Å². The van der Waals surface area contributed by atoms with E-state index in [0.717, 1.165) is 23.6 Å². The molecule has 0 saturated heterocycles. The van der Waals surface area contributed by atoms with Crippen molar-refractivity contribution in [2.75, 3.05) is 5.88 Å². The molecule has 86 valence electrons. The molecule has 0 spiro atoms. The maximum atomic E-state index is 6.27. The zero-order valence-electron chi connectivity index (χ0n) is 9.68. The Labute approximate surface area is 98.8 Å². The van der Waals surface area contributed by atoms with Gasteiger partial charge in [-0.15, -0.1) is 11.6 Å². The lowest BCUT2D eigenvalue weighted by Gasteiger charge is -2.34. The lowest BCUT2D eigenvalue weighted by atomic mass is 9.73. The van der Waals surface area contributed by atoms with Crippen molar-refractivity contribution in [1.29, 1.82) is 0 Å². The van der Waals surface area contributed by atoms with Crippen molar-refractivity contribution in [3.8, 4) is 0 Å². The molecule has 3 aliphatic rings. The van der Waals surface area contributed by atoms with Gasteiger partial charge in [-0.1, -0.05) is 32.1 Å². The molecule has 0 bridgehead atoms. The van der Waals surface area contributed by atoms with Crippen molar-refractivity contribution in [2.24, 2.45) is 23.2 Å². The maximum Gasteiger partial charge on any atom is 0.0280 e. The van der Waals surface area contributed by atoms with Crippen molar-refractivity contribution < 1.29 is 0 Å². The van der Waals surface area contributed by atoms with Crippen LogP contribution in [0, 0.1) is 23.2 Å². The Kier molecular flexibility index (Phi) is 2.75. The molecule has 0 aliphatic heterocycles. The average molecular weight is 227 g/mol. The summed E-state index contributed by atoms with van der Waals surface area (Å²) in [6.07, 6.45) is 13.4. The molecular formula is C14H23Cl. The van der Waals surface area contributed by atoms with E-state index < -0.39 is 0 Å². The molecule has 15 heavy (non-hydrogen) atoms. The van der Waals surface area contributed by atoms with Crippen molar-refractivity contribution in [3.05, 3.63) is 0 Å². The fourth-order valence-corrected chi connectivity index (χ4v) is 4.67. The zero-order chi connectivity index (χ0) is 10.3. The largest absolute Gasteiger partial charge is 0.126 e. The SMILES string of the molecule is ClCC1(CC2CCCCC2)CC2CC2C1. The third kappa shape index (κ3) is 2.07. The zero-order valence-corrected chi connectivity index (χ0v) is 10.4. The molecule has 0 aromatic rings. The van der Waals surface area contributed by atoms with Gasteiger partial charge in [-0.2, -0.15) is 0 Å². The number of fused-ring (bicyclic) bond motifs is 1. The minimum absolute atomic E-state index is 0.581. The lowest BCUT2D eigenvalue weighted by molar-refractivity contribution is 0.195. The summed E-state index contributed by atoms with van der Waals surface area (Å²) >= 11 is 6.27. The van der Waals surface area contributed by atoms with E-state index in [1.807, 2.05) is 0 Å². The maximum absolute atomic E-state index is 6.27. The summed E-state index contributed by atoms with van der Waals surface area (Å²) in [7, 11) is 0. The fraction of sp³-hybridized carbons (Fsp3) is 1.00. The highest BCUT2D eigenvalue weighted by Crippen LogP contribution is 2.62. The van der Waals surface area contributed by atoms with Gasteiger partial charge in [-0.05, 0) is 48.9 Å². The second-order valence-electron chi connectivity index (χ2n) is 6.51. The van der Waals surface area contributed by atoms with Gasteiger partial charge in [0.1, 0.15) is 0 Å². The van der Waals surface area contributed by atoms with Gasteiger partial charge in [0.2, 0.25) is 0 Å². The van der Waals surface area contributed by atoms with Crippen LogP contribution < -0.4 is 0 Å². The topological polar surface area (TPSA) is 0 Å². The Morgan fingerprint density at radius 2 is 1.67 bits per heavy atom. The van der Waals surface area contributed by atoms with Crippen LogP contribution in [0.5, 0.6) is 0 Å². The minimum atomic E-state index is 0.581. The van der Waals surface area contributed by atoms with Crippen molar-refractivity contribution in [3.63, 3.8) is 0 Å². The summed E-state index contributed by atoms with van der Waals surface area (Å²) in [5, 5.41) is 0. The molecule has 0 amide bonds. The molecule has 2 atom stereocenters. The minimum Gasteiger partial charge on any atom is -0.126 e. The van der Waals surface area contributed by atoms with Crippen LogP contribution in [0.25, 0.3) is 0 Å². The van der Waals surface area contributed by atoms with Crippen LogP contribution in [-0.4, -0.2) is 5.88 Å². The van der Waals surface area contributed by atoms with Gasteiger partial charge in [0.05, 0.1) is 0 Å². The quantitative estimate of drug-likeness (QED) is 0.617. The first-order valence-electron chi connectivity index (χ1n) is 6.87. The molecule has 3 aliphatic carbocycles. The second-order valence-corrected chi connectivity index (χ2v) is 6.77. The Hall–Kier alpha value is 0.290. The molecule has 1 heteroatoms. The third-order valence-electron chi connectivity index (χ3n) is 5.19. The molecule has 3 rings (SSSR count). The Bertz CT molecular complexity index is 219. The lowest BCUT2D eigenvalue weighted by Crippen LogP contribution is -2.25. The van der Waals surface area contributed by atoms with Gasteiger partial charge >= 0.3 is 0 Å². The highest BCUT2D eigenvalue weighted by atomic mass is 35.5. The molecular weight excluding hydrogens is 204 g/mol. The van der Waals surface area contributed by atoms with Crippen LogP contribution in [0.2, 0.25) is 0 Å². The van der Waals surface area contributed by atoms with Crippen molar-refractivity contribution in [1.82, 2.24) is 0 Å². The van der Waals surface area contributed by atoms with E-state index in [-0.39, 0.29) is 0 Å². The van der Waals surface area contributed by atoms with E-state index >= 15 is 0 Å². The molecule has 2 unspecified atom stereocenters. The smallest absolute Gasteiger partial charge is 0.0280 e. The van der Waals surface area contributed by atoms with E-state index in [9.17, 15) is 0 Å². The van der Waals surface area contributed by atoms with Crippen LogP contribution >= 0.6 is 11.6 Å². The van der Waals surface area contributed by atoms with E-state index in [1.54, 1.807) is 0 Å². The van der Waals surface area contributed by atoms with Crippen LogP contribution in [0.15, 0.2) is 0 Å². The normalized spacial score (nSPS) is 45.4. The molecule has 0 radical (unpaired) electrons. The highest BCUT2D eigenvalue weighted by Gasteiger charge is 2.53. The van der Waals surface area contributed by atoms with E-state index in [4.69, 9.17) is 11.6 Å². The van der Waals surface area contributed by atoms with Gasteiger partial charge in [-0.25, -0.2) is 0 Å². The second kappa shape index (κ2) is 3.95. The number of rotatable bonds is 3. The van der Waals surface area contributed by atoms with Gasteiger partial charge in [-0.3, -0.25) is 0 Å². The van der Waals surface area contributed by atoms with E-state index in [2.05, 4.69) is 0 Å². The van der Waals surface area contributed by atoms with Crippen LogP contribution in [0.4, 0.5) is 0 Å². The molecule has 0 aromatic heterocycles. The summed E-state index contributed by atoms with van der Waals surface area (Å²) in [5.41, 5.74) is 0.581. The predicted molar refractivity (Wildman–Crippen MR) is 65.2 cm³/mol. The first-order chi connectivity index (χ1) is 7.31. The summed E-state index contributed by atoms with van der Waals surface area (Å²) in [4.78, 5) is 0. The number of alkyl halides is 1. The van der Waals surface area contributed by atoms with Crippen LogP contribution in [0.3, 0.4) is 0 Å². The summed E-state index contributed by atoms with van der Waals surface area (Å²) in [6.45, 7) is 0. The van der Waals surface area contributed by atoms with Crippen molar-refractivity contribution in [2.45, 2.75) is 57.8 Å². The van der Waals surface area contributed by atoms with Gasteiger partial charge in [0.15, 0.2) is 0 Å². The molecule has 0 N–H and O–H groups in total. The first-order valence-corrected chi connectivity index (χ1v) is 7.41. The van der Waals surface area contributed by atoms with E-state index in [1.165, 1.54) is 57.8 Å². The molecule has 0 aromatic carbocycles. The monoisotopic (exact) mass is 226 g/mol. The van der Waals surface area contributed by atoms with Gasteiger partial charge < -0.3 is 0 Å². The molecule has 0 nitrogen and oxygen atoms in total. The summed E-state index contributed by atoms with van der Waals surface area (Å²) in [6, 6.07) is 0. The Balaban J connectivity index is 1.59. The van der Waals surface area contributed by atoms with Crippen LogP contribution in [-0.2, 0) is 0 Å². The fourth-order valence-electron chi connectivity index (χ4n) is 4.34. The molecule has 3 fully saturated rings. The van der Waals surface area contributed by atoms with Gasteiger partial charge in [0, 0.05) is 5.88 Å². The molecule has 0 heterocycles. The highest BCUT2D eigenvalue weighted by molar-refractivity contribution is 6.18. The summed E-state index contributed by atoms with van der Waals surface area (Å²) < 4.78 is 0. The summed E-state index contributed by atoms with van der Waals surface area (Å²) in [5.74, 6) is 4.14. The molecule has 3 saturated carbocycles. The third-order valence-corrected chi connectivity index (χ3v) is 5.76. The van der Waals surface area contributed by atoms with Crippen molar-refractivity contribution >= 4 is 11.6 Å². The number of hydrogen-bond donors (Lipinski definition) is 0.